The molecule has 0 saturated heterocycles. The van der Waals surface area contributed by atoms with Crippen LogP contribution in [0.15, 0.2) is 0 Å². The van der Waals surface area contributed by atoms with Gasteiger partial charge in [-0.3, -0.25) is 0 Å². The summed E-state index contributed by atoms with van der Waals surface area (Å²) in [5.41, 5.74) is 5.75. The molecule has 1 rings (SSSR count). The van der Waals surface area contributed by atoms with Crippen molar-refractivity contribution in [3.8, 4) is 0 Å². The monoisotopic (exact) mass is 186 g/mol. The first kappa shape index (κ1) is 10.3. The van der Waals surface area contributed by atoms with E-state index in [1.54, 1.807) is 6.92 Å². The number of hydrogen-bond donors (Lipinski definition) is 2. The molecule has 76 valence electrons. The number of carbonyl (C=O) groups is 1. The summed E-state index contributed by atoms with van der Waals surface area (Å²) in [4.78, 5) is 10.9. The number of carbonyl (C=O) groups excluding carboxylic acids is 1. The Labute approximate surface area is 78.8 Å². The summed E-state index contributed by atoms with van der Waals surface area (Å²) in [5, 5.41) is 2.73. The number of nitrogens with one attached hydrogen (secondary N) is 1. The Morgan fingerprint density at radius 1 is 1.62 bits per heavy atom. The predicted octanol–water partition coefficient (Wildman–Crippen LogP) is 0.860. The molecular formula is C9H18N2O2. The van der Waals surface area contributed by atoms with E-state index >= 15 is 0 Å². The summed E-state index contributed by atoms with van der Waals surface area (Å²) >= 11 is 0. The van der Waals surface area contributed by atoms with Crippen LogP contribution in [0.1, 0.15) is 26.2 Å². The molecule has 0 radical (unpaired) electrons. The first-order chi connectivity index (χ1) is 6.22. The lowest BCUT2D eigenvalue weighted by Gasteiger charge is -2.10. The lowest BCUT2D eigenvalue weighted by atomic mass is 10.1. The van der Waals surface area contributed by atoms with E-state index in [1.165, 1.54) is 0 Å². The van der Waals surface area contributed by atoms with Gasteiger partial charge in [0.1, 0.15) is 0 Å². The van der Waals surface area contributed by atoms with E-state index in [1.807, 2.05) is 0 Å². The third kappa shape index (κ3) is 3.63. The zero-order chi connectivity index (χ0) is 9.68. The van der Waals surface area contributed by atoms with Crippen LogP contribution in [0.25, 0.3) is 0 Å². The fraction of sp³-hybridized carbons (Fsp3) is 0.889. The van der Waals surface area contributed by atoms with Gasteiger partial charge in [-0.15, -0.1) is 0 Å². The topological polar surface area (TPSA) is 64.3 Å². The second-order valence-electron chi connectivity index (χ2n) is 3.54. The van der Waals surface area contributed by atoms with Gasteiger partial charge in [-0.25, -0.2) is 4.79 Å². The van der Waals surface area contributed by atoms with Crippen LogP contribution in [-0.4, -0.2) is 25.3 Å². The van der Waals surface area contributed by atoms with Gasteiger partial charge in [0.05, 0.1) is 6.61 Å². The molecule has 3 N–H and O–H groups in total. The Bertz CT molecular complexity index is 173. The van der Waals surface area contributed by atoms with Gasteiger partial charge in [0, 0.05) is 12.6 Å². The summed E-state index contributed by atoms with van der Waals surface area (Å²) in [7, 11) is 0. The Morgan fingerprint density at radius 2 is 2.38 bits per heavy atom. The zero-order valence-electron chi connectivity index (χ0n) is 8.08. The Hall–Kier alpha value is -0.770. The van der Waals surface area contributed by atoms with Crippen molar-refractivity contribution in [1.82, 2.24) is 5.32 Å². The van der Waals surface area contributed by atoms with Crippen LogP contribution in [0.5, 0.6) is 0 Å². The minimum Gasteiger partial charge on any atom is -0.450 e. The summed E-state index contributed by atoms with van der Waals surface area (Å²) < 4.78 is 4.75. The molecule has 1 aliphatic carbocycles. The highest BCUT2D eigenvalue weighted by atomic mass is 16.5. The summed E-state index contributed by atoms with van der Waals surface area (Å²) in [5.74, 6) is 0.541. The van der Waals surface area contributed by atoms with Gasteiger partial charge in [-0.1, -0.05) is 0 Å². The van der Waals surface area contributed by atoms with E-state index in [4.69, 9.17) is 10.5 Å². The van der Waals surface area contributed by atoms with Crippen LogP contribution in [0.2, 0.25) is 0 Å². The molecule has 2 unspecified atom stereocenters. The third-order valence-corrected chi connectivity index (χ3v) is 2.39. The smallest absolute Gasteiger partial charge is 0.407 e. The van der Waals surface area contributed by atoms with Crippen molar-refractivity contribution < 1.29 is 9.53 Å². The minimum atomic E-state index is -0.317. The number of nitrogens with two attached hydrogens (primary N) is 1. The molecule has 4 heteroatoms. The van der Waals surface area contributed by atoms with Crippen molar-refractivity contribution in [3.63, 3.8) is 0 Å². The molecule has 0 spiro atoms. The molecule has 1 aliphatic rings. The van der Waals surface area contributed by atoms with Crippen LogP contribution >= 0.6 is 0 Å². The van der Waals surface area contributed by atoms with Crippen LogP contribution in [0, 0.1) is 5.92 Å². The maximum Gasteiger partial charge on any atom is 0.407 e. The average Bonchev–Trinajstić information content (AvgIpc) is 2.49. The van der Waals surface area contributed by atoms with Crippen molar-refractivity contribution in [2.75, 3.05) is 13.2 Å². The largest absolute Gasteiger partial charge is 0.450 e. The molecule has 2 atom stereocenters. The van der Waals surface area contributed by atoms with Crippen molar-refractivity contribution in [3.05, 3.63) is 0 Å². The second-order valence-corrected chi connectivity index (χ2v) is 3.54. The van der Waals surface area contributed by atoms with Gasteiger partial charge in [-0.2, -0.15) is 0 Å². The summed E-state index contributed by atoms with van der Waals surface area (Å²) in [6.45, 7) is 2.92. The number of hydrogen-bond acceptors (Lipinski definition) is 3. The number of alkyl carbamates (subject to hydrolysis) is 1. The SMILES string of the molecule is CCOC(=O)NCC1CCC(N)C1. The molecule has 1 fully saturated rings. The van der Waals surface area contributed by atoms with Crippen molar-refractivity contribution in [2.24, 2.45) is 11.7 Å². The third-order valence-electron chi connectivity index (χ3n) is 2.39. The number of amides is 1. The Kier molecular flexibility index (Phi) is 4.02. The fourth-order valence-electron chi connectivity index (χ4n) is 1.71. The average molecular weight is 186 g/mol. The molecular weight excluding hydrogens is 168 g/mol. The number of rotatable bonds is 3. The van der Waals surface area contributed by atoms with Gasteiger partial charge >= 0.3 is 6.09 Å². The highest BCUT2D eigenvalue weighted by molar-refractivity contribution is 5.66. The van der Waals surface area contributed by atoms with E-state index in [2.05, 4.69) is 5.32 Å². The molecule has 1 amide bonds. The molecule has 0 aromatic carbocycles. The van der Waals surface area contributed by atoms with E-state index in [9.17, 15) is 4.79 Å². The molecule has 0 heterocycles. The highest BCUT2D eigenvalue weighted by Crippen LogP contribution is 2.22. The fourth-order valence-corrected chi connectivity index (χ4v) is 1.71. The van der Waals surface area contributed by atoms with E-state index in [0.717, 1.165) is 19.3 Å². The van der Waals surface area contributed by atoms with Crippen molar-refractivity contribution in [1.29, 1.82) is 0 Å². The van der Waals surface area contributed by atoms with Gasteiger partial charge in [-0.05, 0) is 32.1 Å². The summed E-state index contributed by atoms with van der Waals surface area (Å²) in [6.07, 6.45) is 2.90. The lowest BCUT2D eigenvalue weighted by molar-refractivity contribution is 0.150. The minimum absolute atomic E-state index is 0.317. The maximum absolute atomic E-state index is 10.9. The molecule has 0 bridgehead atoms. The first-order valence-electron chi connectivity index (χ1n) is 4.88. The molecule has 13 heavy (non-hydrogen) atoms. The zero-order valence-corrected chi connectivity index (χ0v) is 8.08. The molecule has 1 saturated carbocycles. The highest BCUT2D eigenvalue weighted by Gasteiger charge is 2.21. The summed E-state index contributed by atoms with van der Waals surface area (Å²) in [6, 6.07) is 0.328. The molecule has 0 aliphatic heterocycles. The Morgan fingerprint density at radius 3 is 2.92 bits per heavy atom. The second kappa shape index (κ2) is 5.07. The predicted molar refractivity (Wildman–Crippen MR) is 50.3 cm³/mol. The van der Waals surface area contributed by atoms with Gasteiger partial charge < -0.3 is 15.8 Å². The van der Waals surface area contributed by atoms with Gasteiger partial charge in [0.15, 0.2) is 0 Å². The molecule has 4 nitrogen and oxygen atoms in total. The lowest BCUT2D eigenvalue weighted by Crippen LogP contribution is -2.29. The van der Waals surface area contributed by atoms with Crippen LogP contribution in [0.4, 0.5) is 4.79 Å². The van der Waals surface area contributed by atoms with Crippen molar-refractivity contribution >= 4 is 6.09 Å². The van der Waals surface area contributed by atoms with Crippen molar-refractivity contribution in [2.45, 2.75) is 32.2 Å². The molecule has 0 aromatic rings. The Balaban J connectivity index is 2.09. The van der Waals surface area contributed by atoms with Crippen LogP contribution < -0.4 is 11.1 Å². The van der Waals surface area contributed by atoms with E-state index in [-0.39, 0.29) is 6.09 Å². The van der Waals surface area contributed by atoms with Gasteiger partial charge in [0.2, 0.25) is 0 Å². The normalized spacial score (nSPS) is 27.2. The van der Waals surface area contributed by atoms with E-state index in [0.29, 0.717) is 25.1 Å². The maximum atomic E-state index is 10.9. The van der Waals surface area contributed by atoms with Crippen LogP contribution in [0.3, 0.4) is 0 Å². The quantitative estimate of drug-likeness (QED) is 0.687. The van der Waals surface area contributed by atoms with Crippen LogP contribution in [-0.2, 0) is 4.74 Å². The first-order valence-corrected chi connectivity index (χ1v) is 4.88. The molecule has 0 aromatic heterocycles. The number of ether oxygens (including phenoxy) is 1. The van der Waals surface area contributed by atoms with E-state index < -0.39 is 0 Å². The standard InChI is InChI=1S/C9H18N2O2/c1-2-13-9(12)11-6-7-3-4-8(10)5-7/h7-8H,2-6,10H2,1H3,(H,11,12). The van der Waals surface area contributed by atoms with Gasteiger partial charge in [0.25, 0.3) is 0 Å².